The molecule has 18 heavy (non-hydrogen) atoms. The minimum Gasteiger partial charge on any atom is -0.468 e. The summed E-state index contributed by atoms with van der Waals surface area (Å²) in [6.45, 7) is 1.20. The Morgan fingerprint density at radius 3 is 2.67 bits per heavy atom. The summed E-state index contributed by atoms with van der Waals surface area (Å²) in [6.07, 6.45) is 0. The maximum Gasteiger partial charge on any atom is 0.320 e. The van der Waals surface area contributed by atoms with Crippen LogP contribution in [0.25, 0.3) is 0 Å². The summed E-state index contributed by atoms with van der Waals surface area (Å²) >= 11 is 0. The van der Waals surface area contributed by atoms with Gasteiger partial charge in [-0.05, 0) is 30.7 Å². The van der Waals surface area contributed by atoms with E-state index in [-0.39, 0.29) is 4.90 Å². The molecule has 1 aromatic carbocycles. The summed E-state index contributed by atoms with van der Waals surface area (Å²) in [5.74, 6) is -0.677. The first-order valence-electron chi connectivity index (χ1n) is 4.98. The molecule has 0 unspecified atom stereocenters. The standard InChI is InChI=1S/C11H12N2O4S/c1-8-5-10(4-3-9(8)6-12)18(15,16)13-7-11(14)17-2/h3-5,13H,7H2,1-2H3. The molecule has 0 amide bonds. The van der Waals surface area contributed by atoms with Gasteiger partial charge in [-0.25, -0.2) is 8.42 Å². The lowest BCUT2D eigenvalue weighted by Gasteiger charge is -2.07. The Morgan fingerprint density at radius 2 is 2.17 bits per heavy atom. The Bertz CT molecular complexity index is 602. The van der Waals surface area contributed by atoms with Crippen molar-refractivity contribution in [3.63, 3.8) is 0 Å². The fourth-order valence-electron chi connectivity index (χ4n) is 1.24. The molecule has 0 atom stereocenters. The molecule has 6 nitrogen and oxygen atoms in total. The first kappa shape index (κ1) is 14.2. The number of esters is 1. The summed E-state index contributed by atoms with van der Waals surface area (Å²) in [5.41, 5.74) is 0.959. The highest BCUT2D eigenvalue weighted by Gasteiger charge is 2.16. The number of rotatable bonds is 4. The zero-order chi connectivity index (χ0) is 13.8. The zero-order valence-electron chi connectivity index (χ0n) is 9.93. The van der Waals surface area contributed by atoms with Crippen molar-refractivity contribution in [1.29, 1.82) is 5.26 Å². The monoisotopic (exact) mass is 268 g/mol. The van der Waals surface area contributed by atoms with Gasteiger partial charge in [0.1, 0.15) is 6.54 Å². The molecule has 0 aromatic heterocycles. The molecule has 0 radical (unpaired) electrons. The Hall–Kier alpha value is -1.91. The largest absolute Gasteiger partial charge is 0.468 e. The van der Waals surface area contributed by atoms with Crippen LogP contribution in [-0.2, 0) is 19.6 Å². The number of carbonyl (C=O) groups excluding carboxylic acids is 1. The molecule has 1 aromatic rings. The van der Waals surface area contributed by atoms with Crippen LogP contribution in [-0.4, -0.2) is 28.0 Å². The predicted molar refractivity (Wildman–Crippen MR) is 63.1 cm³/mol. The van der Waals surface area contributed by atoms with Crippen molar-refractivity contribution in [2.45, 2.75) is 11.8 Å². The lowest BCUT2D eigenvalue weighted by atomic mass is 10.1. The second-order valence-corrected chi connectivity index (χ2v) is 5.26. The third kappa shape index (κ3) is 3.29. The van der Waals surface area contributed by atoms with E-state index in [4.69, 9.17) is 5.26 Å². The number of hydrogen-bond donors (Lipinski definition) is 1. The second kappa shape index (κ2) is 5.62. The van der Waals surface area contributed by atoms with Crippen molar-refractivity contribution in [2.75, 3.05) is 13.7 Å². The smallest absolute Gasteiger partial charge is 0.320 e. The number of ether oxygens (including phenoxy) is 1. The van der Waals surface area contributed by atoms with Gasteiger partial charge in [0.15, 0.2) is 0 Å². The molecule has 7 heteroatoms. The van der Waals surface area contributed by atoms with Crippen molar-refractivity contribution in [3.05, 3.63) is 29.3 Å². The van der Waals surface area contributed by atoms with Crippen LogP contribution in [0.2, 0.25) is 0 Å². The SMILES string of the molecule is COC(=O)CNS(=O)(=O)c1ccc(C#N)c(C)c1. The molecular weight excluding hydrogens is 256 g/mol. The highest BCUT2D eigenvalue weighted by Crippen LogP contribution is 2.14. The van der Waals surface area contributed by atoms with E-state index in [0.717, 1.165) is 0 Å². The van der Waals surface area contributed by atoms with E-state index in [0.29, 0.717) is 11.1 Å². The van der Waals surface area contributed by atoms with Gasteiger partial charge in [-0.15, -0.1) is 0 Å². The van der Waals surface area contributed by atoms with Gasteiger partial charge in [-0.1, -0.05) is 0 Å². The molecule has 0 aliphatic heterocycles. The fourth-order valence-corrected chi connectivity index (χ4v) is 2.29. The average molecular weight is 268 g/mol. The van der Waals surface area contributed by atoms with Gasteiger partial charge in [0.05, 0.1) is 23.6 Å². The summed E-state index contributed by atoms with van der Waals surface area (Å²) < 4.78 is 30.0. The number of hydrogen-bond acceptors (Lipinski definition) is 5. The van der Waals surface area contributed by atoms with E-state index >= 15 is 0 Å². The fraction of sp³-hybridized carbons (Fsp3) is 0.273. The predicted octanol–water partition coefficient (Wildman–Crippen LogP) is 0.318. The van der Waals surface area contributed by atoms with E-state index in [1.54, 1.807) is 6.92 Å². The molecule has 0 bridgehead atoms. The molecule has 0 aliphatic rings. The highest BCUT2D eigenvalue weighted by molar-refractivity contribution is 7.89. The van der Waals surface area contributed by atoms with Gasteiger partial charge in [-0.3, -0.25) is 4.79 Å². The number of sulfonamides is 1. The molecule has 0 spiro atoms. The van der Waals surface area contributed by atoms with Crippen molar-refractivity contribution >= 4 is 16.0 Å². The number of nitriles is 1. The minimum absolute atomic E-state index is 0.00269. The van der Waals surface area contributed by atoms with Gasteiger partial charge in [-0.2, -0.15) is 9.98 Å². The van der Waals surface area contributed by atoms with E-state index in [1.807, 2.05) is 6.07 Å². The highest BCUT2D eigenvalue weighted by atomic mass is 32.2. The second-order valence-electron chi connectivity index (χ2n) is 3.49. The number of methoxy groups -OCH3 is 1. The van der Waals surface area contributed by atoms with E-state index < -0.39 is 22.5 Å². The molecule has 0 aliphatic carbocycles. The van der Waals surface area contributed by atoms with Gasteiger partial charge in [0.2, 0.25) is 10.0 Å². The number of nitrogens with zero attached hydrogens (tertiary/aromatic N) is 1. The quantitative estimate of drug-likeness (QED) is 0.793. The van der Waals surface area contributed by atoms with Crippen LogP contribution in [0.15, 0.2) is 23.1 Å². The van der Waals surface area contributed by atoms with E-state index in [9.17, 15) is 13.2 Å². The molecule has 96 valence electrons. The lowest BCUT2D eigenvalue weighted by Crippen LogP contribution is -2.30. The van der Waals surface area contributed by atoms with Crippen LogP contribution >= 0.6 is 0 Å². The molecule has 0 heterocycles. The Balaban J connectivity index is 2.96. The molecule has 1 N–H and O–H groups in total. The van der Waals surface area contributed by atoms with Crippen LogP contribution in [0, 0.1) is 18.3 Å². The Kier molecular flexibility index (Phi) is 4.42. The molecule has 0 fully saturated rings. The first-order chi connectivity index (χ1) is 8.40. The number of carbonyl (C=O) groups is 1. The van der Waals surface area contributed by atoms with Gasteiger partial charge >= 0.3 is 5.97 Å². The van der Waals surface area contributed by atoms with Crippen LogP contribution in [0.4, 0.5) is 0 Å². The summed E-state index contributed by atoms with van der Waals surface area (Å²) in [6, 6.07) is 6.05. The molecule has 1 rings (SSSR count). The molecule has 0 saturated heterocycles. The van der Waals surface area contributed by atoms with Crippen molar-refractivity contribution in [1.82, 2.24) is 4.72 Å². The Morgan fingerprint density at radius 1 is 1.50 bits per heavy atom. The van der Waals surface area contributed by atoms with E-state index in [2.05, 4.69) is 9.46 Å². The van der Waals surface area contributed by atoms with Gasteiger partial charge in [0, 0.05) is 0 Å². The third-order valence-corrected chi connectivity index (χ3v) is 3.66. The number of benzene rings is 1. The zero-order valence-corrected chi connectivity index (χ0v) is 10.7. The van der Waals surface area contributed by atoms with Gasteiger partial charge in [0.25, 0.3) is 0 Å². The number of nitrogens with one attached hydrogen (secondary N) is 1. The normalized spacial score (nSPS) is 10.7. The van der Waals surface area contributed by atoms with Crippen LogP contribution in [0.5, 0.6) is 0 Å². The van der Waals surface area contributed by atoms with Gasteiger partial charge < -0.3 is 4.74 Å². The van der Waals surface area contributed by atoms with Crippen molar-refractivity contribution < 1.29 is 17.9 Å². The maximum atomic E-state index is 11.8. The minimum atomic E-state index is -3.77. The van der Waals surface area contributed by atoms with Crippen LogP contribution < -0.4 is 4.72 Å². The van der Waals surface area contributed by atoms with Crippen LogP contribution in [0.3, 0.4) is 0 Å². The Labute approximate surface area is 105 Å². The summed E-state index contributed by atoms with van der Waals surface area (Å²) in [7, 11) is -2.60. The topological polar surface area (TPSA) is 96.3 Å². The van der Waals surface area contributed by atoms with Crippen molar-refractivity contribution in [2.24, 2.45) is 0 Å². The molecule has 0 saturated carbocycles. The summed E-state index contributed by atoms with van der Waals surface area (Å²) in [5, 5.41) is 8.74. The molecular formula is C11H12N2O4S. The summed E-state index contributed by atoms with van der Waals surface area (Å²) in [4.78, 5) is 10.9. The van der Waals surface area contributed by atoms with Crippen molar-refractivity contribution in [3.8, 4) is 6.07 Å². The van der Waals surface area contributed by atoms with Crippen LogP contribution in [0.1, 0.15) is 11.1 Å². The third-order valence-electron chi connectivity index (χ3n) is 2.26. The lowest BCUT2D eigenvalue weighted by molar-refractivity contribution is -0.139. The van der Waals surface area contributed by atoms with E-state index in [1.165, 1.54) is 25.3 Å². The first-order valence-corrected chi connectivity index (χ1v) is 6.46. The maximum absolute atomic E-state index is 11.8. The average Bonchev–Trinajstić information content (AvgIpc) is 2.35. The number of aryl methyl sites for hydroxylation is 1.